The average Bonchev–Trinajstić information content (AvgIpc) is 2.54. The second kappa shape index (κ2) is 6.39. The number of carbonyl (C=O) groups is 1. The number of carbonyl (C=O) groups excluding carboxylic acids is 1. The number of nitrogens with two attached hydrogens (primary N) is 2. The predicted octanol–water partition coefficient (Wildman–Crippen LogP) is 2.62. The van der Waals surface area contributed by atoms with Crippen LogP contribution in [0.2, 0.25) is 0 Å². The number of amides is 1. The van der Waals surface area contributed by atoms with E-state index in [1.165, 1.54) is 19.3 Å². The van der Waals surface area contributed by atoms with Crippen molar-refractivity contribution in [3.63, 3.8) is 0 Å². The standard InChI is InChI=1S/C14H20BrN3O/c15-9-5-4-8-12(13(9)14(17)19)18-11-7-3-1-2-6-10(11)16/h4-5,8,10-11,18H,1-3,6-7,16H2,(H2,17,19). The number of benzene rings is 1. The van der Waals surface area contributed by atoms with Crippen molar-refractivity contribution in [2.45, 2.75) is 44.2 Å². The van der Waals surface area contributed by atoms with Crippen LogP contribution >= 0.6 is 15.9 Å². The third-order valence-corrected chi connectivity index (χ3v) is 4.33. The van der Waals surface area contributed by atoms with Crippen molar-refractivity contribution in [1.29, 1.82) is 0 Å². The van der Waals surface area contributed by atoms with Gasteiger partial charge in [0, 0.05) is 22.2 Å². The lowest BCUT2D eigenvalue weighted by Gasteiger charge is -2.25. The Morgan fingerprint density at radius 1 is 1.26 bits per heavy atom. The van der Waals surface area contributed by atoms with Gasteiger partial charge < -0.3 is 16.8 Å². The van der Waals surface area contributed by atoms with Gasteiger partial charge in [0.2, 0.25) is 0 Å². The van der Waals surface area contributed by atoms with Crippen molar-refractivity contribution in [3.8, 4) is 0 Å². The minimum absolute atomic E-state index is 0.127. The van der Waals surface area contributed by atoms with E-state index in [0.717, 1.165) is 18.5 Å². The van der Waals surface area contributed by atoms with Gasteiger partial charge >= 0.3 is 0 Å². The number of nitrogens with one attached hydrogen (secondary N) is 1. The zero-order chi connectivity index (χ0) is 13.8. The summed E-state index contributed by atoms with van der Waals surface area (Å²) >= 11 is 3.37. The summed E-state index contributed by atoms with van der Waals surface area (Å²) in [5.41, 5.74) is 12.9. The van der Waals surface area contributed by atoms with Gasteiger partial charge in [-0.05, 0) is 40.9 Å². The summed E-state index contributed by atoms with van der Waals surface area (Å²) in [6.07, 6.45) is 5.64. The number of rotatable bonds is 3. The molecule has 0 aromatic heterocycles. The summed E-state index contributed by atoms with van der Waals surface area (Å²) in [5, 5.41) is 3.41. The average molecular weight is 326 g/mol. The molecule has 5 heteroatoms. The van der Waals surface area contributed by atoms with Gasteiger partial charge in [0.05, 0.1) is 5.56 Å². The molecule has 0 bridgehead atoms. The first-order valence-electron chi connectivity index (χ1n) is 6.70. The SMILES string of the molecule is NC(=O)c1c(Br)cccc1NC1CCCCCC1N. The first kappa shape index (κ1) is 14.3. The van der Waals surface area contributed by atoms with E-state index in [1.54, 1.807) is 0 Å². The number of halogens is 1. The fourth-order valence-electron chi connectivity index (χ4n) is 2.61. The van der Waals surface area contributed by atoms with Gasteiger partial charge in [0.15, 0.2) is 0 Å². The van der Waals surface area contributed by atoms with Crippen LogP contribution in [-0.2, 0) is 0 Å². The molecular weight excluding hydrogens is 306 g/mol. The molecule has 1 fully saturated rings. The molecule has 1 aliphatic carbocycles. The fourth-order valence-corrected chi connectivity index (χ4v) is 3.17. The van der Waals surface area contributed by atoms with Gasteiger partial charge in [-0.15, -0.1) is 0 Å². The molecule has 4 nitrogen and oxygen atoms in total. The molecule has 0 saturated heterocycles. The van der Waals surface area contributed by atoms with Crippen molar-refractivity contribution in [1.82, 2.24) is 0 Å². The Bertz CT molecular complexity index is 464. The van der Waals surface area contributed by atoms with Crippen molar-refractivity contribution in [3.05, 3.63) is 28.2 Å². The molecule has 1 aromatic rings. The van der Waals surface area contributed by atoms with Crippen LogP contribution < -0.4 is 16.8 Å². The molecule has 2 unspecified atom stereocenters. The van der Waals surface area contributed by atoms with Gasteiger partial charge in [-0.3, -0.25) is 4.79 Å². The molecule has 1 saturated carbocycles. The van der Waals surface area contributed by atoms with Gasteiger partial charge in [0.1, 0.15) is 0 Å². The zero-order valence-electron chi connectivity index (χ0n) is 10.9. The molecule has 0 radical (unpaired) electrons. The topological polar surface area (TPSA) is 81.1 Å². The van der Waals surface area contributed by atoms with Crippen molar-refractivity contribution >= 4 is 27.5 Å². The lowest BCUT2D eigenvalue weighted by Crippen LogP contribution is -2.39. The van der Waals surface area contributed by atoms with Gasteiger partial charge in [-0.1, -0.05) is 25.3 Å². The molecule has 0 spiro atoms. The molecule has 1 aromatic carbocycles. The van der Waals surface area contributed by atoms with E-state index in [9.17, 15) is 4.79 Å². The molecule has 0 aliphatic heterocycles. The molecule has 5 N–H and O–H groups in total. The summed E-state index contributed by atoms with van der Waals surface area (Å²) < 4.78 is 0.715. The molecular formula is C14H20BrN3O. The molecule has 1 amide bonds. The zero-order valence-corrected chi connectivity index (χ0v) is 12.4. The van der Waals surface area contributed by atoms with Gasteiger partial charge in [0.25, 0.3) is 5.91 Å². The highest BCUT2D eigenvalue weighted by atomic mass is 79.9. The van der Waals surface area contributed by atoms with E-state index in [1.807, 2.05) is 18.2 Å². The van der Waals surface area contributed by atoms with Crippen LogP contribution in [0.15, 0.2) is 22.7 Å². The van der Waals surface area contributed by atoms with E-state index >= 15 is 0 Å². The van der Waals surface area contributed by atoms with Crippen molar-refractivity contribution < 1.29 is 4.79 Å². The van der Waals surface area contributed by atoms with Crippen LogP contribution in [0.4, 0.5) is 5.69 Å². The maximum atomic E-state index is 11.6. The third-order valence-electron chi connectivity index (χ3n) is 3.67. The summed E-state index contributed by atoms with van der Waals surface area (Å²) in [6.45, 7) is 0. The van der Waals surface area contributed by atoms with Crippen LogP contribution in [0.5, 0.6) is 0 Å². The molecule has 1 aliphatic rings. The van der Waals surface area contributed by atoms with E-state index in [4.69, 9.17) is 11.5 Å². The van der Waals surface area contributed by atoms with Crippen LogP contribution in [0.1, 0.15) is 42.5 Å². The molecule has 19 heavy (non-hydrogen) atoms. The first-order valence-corrected chi connectivity index (χ1v) is 7.49. The Kier molecular flexibility index (Phi) is 4.82. The van der Waals surface area contributed by atoms with Gasteiger partial charge in [-0.2, -0.15) is 0 Å². The van der Waals surface area contributed by atoms with Crippen molar-refractivity contribution in [2.75, 3.05) is 5.32 Å². The Morgan fingerprint density at radius 3 is 2.74 bits per heavy atom. The highest BCUT2D eigenvalue weighted by Gasteiger charge is 2.22. The summed E-state index contributed by atoms with van der Waals surface area (Å²) in [5.74, 6) is -0.433. The highest BCUT2D eigenvalue weighted by molar-refractivity contribution is 9.10. The van der Waals surface area contributed by atoms with E-state index < -0.39 is 5.91 Å². The van der Waals surface area contributed by atoms with Gasteiger partial charge in [-0.25, -0.2) is 0 Å². The number of hydrogen-bond donors (Lipinski definition) is 3. The lowest BCUT2D eigenvalue weighted by molar-refractivity contribution is 0.100. The largest absolute Gasteiger partial charge is 0.380 e. The Labute approximate surface area is 122 Å². The molecule has 0 heterocycles. The van der Waals surface area contributed by atoms with Crippen LogP contribution in [0, 0.1) is 0 Å². The number of anilines is 1. The second-order valence-corrected chi connectivity index (χ2v) is 5.93. The van der Waals surface area contributed by atoms with E-state index in [2.05, 4.69) is 21.2 Å². The summed E-state index contributed by atoms with van der Waals surface area (Å²) in [7, 11) is 0. The van der Waals surface area contributed by atoms with Crippen molar-refractivity contribution in [2.24, 2.45) is 11.5 Å². The fraction of sp³-hybridized carbons (Fsp3) is 0.500. The predicted molar refractivity (Wildman–Crippen MR) is 81.1 cm³/mol. The second-order valence-electron chi connectivity index (χ2n) is 5.08. The normalized spacial score (nSPS) is 23.7. The number of hydrogen-bond acceptors (Lipinski definition) is 3. The molecule has 104 valence electrons. The Morgan fingerprint density at radius 2 is 2.00 bits per heavy atom. The van der Waals surface area contributed by atoms with E-state index in [0.29, 0.717) is 10.0 Å². The summed E-state index contributed by atoms with van der Waals surface area (Å²) in [6, 6.07) is 5.92. The minimum atomic E-state index is -0.433. The third kappa shape index (κ3) is 3.48. The monoisotopic (exact) mass is 325 g/mol. The maximum absolute atomic E-state index is 11.6. The Hall–Kier alpha value is -1.07. The quantitative estimate of drug-likeness (QED) is 0.747. The molecule has 2 rings (SSSR count). The van der Waals surface area contributed by atoms with E-state index in [-0.39, 0.29) is 12.1 Å². The highest BCUT2D eigenvalue weighted by Crippen LogP contribution is 2.27. The lowest BCUT2D eigenvalue weighted by atomic mass is 10.0. The van der Waals surface area contributed by atoms with Crippen LogP contribution in [-0.4, -0.2) is 18.0 Å². The summed E-state index contributed by atoms with van der Waals surface area (Å²) in [4.78, 5) is 11.6. The minimum Gasteiger partial charge on any atom is -0.380 e. The number of primary amides is 1. The smallest absolute Gasteiger partial charge is 0.251 e. The first-order chi connectivity index (χ1) is 9.09. The molecule has 2 atom stereocenters. The maximum Gasteiger partial charge on any atom is 0.251 e. The van der Waals surface area contributed by atoms with Crippen LogP contribution in [0.25, 0.3) is 0 Å². The Balaban J connectivity index is 2.22. The van der Waals surface area contributed by atoms with Crippen LogP contribution in [0.3, 0.4) is 0 Å².